The molecule has 0 radical (unpaired) electrons. The maximum absolute atomic E-state index is 13.0. The Morgan fingerprint density at radius 3 is 2.39 bits per heavy atom. The molecule has 0 unspecified atom stereocenters. The molecule has 1 heterocycles. The van der Waals surface area contributed by atoms with Gasteiger partial charge in [-0.2, -0.15) is 0 Å². The van der Waals surface area contributed by atoms with E-state index in [9.17, 15) is 14.9 Å². The third-order valence-electron chi connectivity index (χ3n) is 4.53. The number of rotatable bonds is 5. The first kappa shape index (κ1) is 19.8. The van der Waals surface area contributed by atoms with Crippen molar-refractivity contribution >= 4 is 40.3 Å². The number of nitro groups is 1. The van der Waals surface area contributed by atoms with Crippen molar-refractivity contribution in [1.29, 1.82) is 0 Å². The van der Waals surface area contributed by atoms with Gasteiger partial charge in [0.05, 0.1) is 15.5 Å². The standard InChI is InChI=1S/C21H21N3O3S/c1-4-15(3)23-20(25)19(13-16-7-11-18(12-8-16)24(26)27)28-21(23)22-17-9-5-14(2)6-10-17/h5-13,15H,4H2,1-3H3/b19-13+,22-21?/t15-/m1/s1. The third kappa shape index (κ3) is 4.31. The van der Waals surface area contributed by atoms with Crippen LogP contribution in [0.5, 0.6) is 0 Å². The van der Waals surface area contributed by atoms with Gasteiger partial charge in [0.1, 0.15) is 0 Å². The van der Waals surface area contributed by atoms with Gasteiger partial charge in [0.25, 0.3) is 11.6 Å². The molecular formula is C21H21N3O3S. The number of carbonyl (C=O) groups excluding carboxylic acids is 1. The van der Waals surface area contributed by atoms with Crippen LogP contribution in [0.25, 0.3) is 6.08 Å². The number of aliphatic imine (C=N–C) groups is 1. The molecule has 0 aromatic heterocycles. The molecule has 1 saturated heterocycles. The number of thioether (sulfide) groups is 1. The zero-order chi connectivity index (χ0) is 20.3. The highest BCUT2D eigenvalue weighted by Crippen LogP contribution is 2.36. The van der Waals surface area contributed by atoms with Gasteiger partial charge >= 0.3 is 0 Å². The zero-order valence-electron chi connectivity index (χ0n) is 16.0. The van der Waals surface area contributed by atoms with E-state index in [1.165, 1.54) is 23.9 Å². The van der Waals surface area contributed by atoms with E-state index in [1.54, 1.807) is 23.1 Å². The van der Waals surface area contributed by atoms with Crippen molar-refractivity contribution in [3.63, 3.8) is 0 Å². The molecule has 2 aromatic carbocycles. The Kier molecular flexibility index (Phi) is 5.94. The summed E-state index contributed by atoms with van der Waals surface area (Å²) in [7, 11) is 0. The summed E-state index contributed by atoms with van der Waals surface area (Å²) >= 11 is 1.33. The topological polar surface area (TPSA) is 75.8 Å². The number of aryl methyl sites for hydroxylation is 1. The fourth-order valence-electron chi connectivity index (χ4n) is 2.71. The van der Waals surface area contributed by atoms with E-state index in [0.29, 0.717) is 10.1 Å². The van der Waals surface area contributed by atoms with Crippen LogP contribution in [0.2, 0.25) is 0 Å². The number of amides is 1. The molecule has 1 atom stereocenters. The van der Waals surface area contributed by atoms with Crippen molar-refractivity contribution in [2.24, 2.45) is 4.99 Å². The number of hydrogen-bond acceptors (Lipinski definition) is 5. The zero-order valence-corrected chi connectivity index (χ0v) is 16.8. The van der Waals surface area contributed by atoms with Crippen LogP contribution in [0.15, 0.2) is 58.4 Å². The average Bonchev–Trinajstić information content (AvgIpc) is 2.98. The monoisotopic (exact) mass is 395 g/mol. The fraction of sp³-hybridized carbons (Fsp3) is 0.238. The van der Waals surface area contributed by atoms with Gasteiger partial charge in [0.15, 0.2) is 5.17 Å². The second-order valence-corrected chi connectivity index (χ2v) is 7.63. The molecule has 1 fully saturated rings. The summed E-state index contributed by atoms with van der Waals surface area (Å²) in [5.74, 6) is -0.0939. The van der Waals surface area contributed by atoms with Crippen LogP contribution in [0.4, 0.5) is 11.4 Å². The molecule has 1 aliphatic heterocycles. The van der Waals surface area contributed by atoms with Gasteiger partial charge in [0.2, 0.25) is 0 Å². The summed E-state index contributed by atoms with van der Waals surface area (Å²) in [6.07, 6.45) is 2.56. The summed E-state index contributed by atoms with van der Waals surface area (Å²) in [6, 6.07) is 14.0. The minimum Gasteiger partial charge on any atom is -0.284 e. The Morgan fingerprint density at radius 1 is 1.18 bits per heavy atom. The average molecular weight is 395 g/mol. The predicted octanol–water partition coefficient (Wildman–Crippen LogP) is 5.31. The van der Waals surface area contributed by atoms with E-state index in [-0.39, 0.29) is 17.6 Å². The van der Waals surface area contributed by atoms with Gasteiger partial charge in [-0.1, -0.05) is 24.6 Å². The number of carbonyl (C=O) groups is 1. The van der Waals surface area contributed by atoms with Gasteiger partial charge in [-0.05, 0) is 67.9 Å². The summed E-state index contributed by atoms with van der Waals surface area (Å²) in [6.45, 7) is 6.04. The Hall–Kier alpha value is -2.93. The predicted molar refractivity (Wildman–Crippen MR) is 114 cm³/mol. The highest BCUT2D eigenvalue weighted by atomic mass is 32.2. The van der Waals surface area contributed by atoms with Crippen molar-refractivity contribution in [2.45, 2.75) is 33.2 Å². The van der Waals surface area contributed by atoms with Crippen molar-refractivity contribution < 1.29 is 9.72 Å². The first-order valence-electron chi connectivity index (χ1n) is 9.02. The van der Waals surface area contributed by atoms with Crippen LogP contribution < -0.4 is 0 Å². The van der Waals surface area contributed by atoms with Gasteiger partial charge in [-0.3, -0.25) is 19.8 Å². The lowest BCUT2D eigenvalue weighted by Crippen LogP contribution is -2.36. The van der Waals surface area contributed by atoms with Crippen LogP contribution in [0.1, 0.15) is 31.4 Å². The number of nitrogens with zero attached hydrogens (tertiary/aromatic N) is 3. The number of benzene rings is 2. The first-order chi connectivity index (χ1) is 13.4. The number of nitro benzene ring substituents is 1. The van der Waals surface area contributed by atoms with Crippen molar-refractivity contribution in [3.8, 4) is 0 Å². The summed E-state index contributed by atoms with van der Waals surface area (Å²) in [5.41, 5.74) is 2.71. The molecule has 7 heteroatoms. The molecule has 1 amide bonds. The van der Waals surface area contributed by atoms with E-state index in [1.807, 2.05) is 45.0 Å². The third-order valence-corrected chi connectivity index (χ3v) is 5.51. The second kappa shape index (κ2) is 8.39. The van der Waals surface area contributed by atoms with E-state index in [4.69, 9.17) is 0 Å². The van der Waals surface area contributed by atoms with Crippen molar-refractivity contribution in [1.82, 2.24) is 4.90 Å². The maximum Gasteiger partial charge on any atom is 0.269 e. The van der Waals surface area contributed by atoms with E-state index in [2.05, 4.69) is 4.99 Å². The molecule has 0 bridgehead atoms. The van der Waals surface area contributed by atoms with Crippen LogP contribution in [-0.4, -0.2) is 26.9 Å². The van der Waals surface area contributed by atoms with Crippen LogP contribution >= 0.6 is 11.8 Å². The summed E-state index contributed by atoms with van der Waals surface area (Å²) in [4.78, 5) is 30.3. The minimum atomic E-state index is -0.441. The van der Waals surface area contributed by atoms with Crippen molar-refractivity contribution in [3.05, 3.63) is 74.7 Å². The molecule has 3 rings (SSSR count). The normalized spacial score (nSPS) is 18.1. The van der Waals surface area contributed by atoms with Crippen LogP contribution in [0, 0.1) is 17.0 Å². The molecule has 6 nitrogen and oxygen atoms in total. The van der Waals surface area contributed by atoms with Gasteiger partial charge < -0.3 is 0 Å². The van der Waals surface area contributed by atoms with Crippen LogP contribution in [0.3, 0.4) is 0 Å². The van der Waals surface area contributed by atoms with Crippen molar-refractivity contribution in [2.75, 3.05) is 0 Å². The molecule has 0 N–H and O–H groups in total. The molecule has 2 aromatic rings. The molecule has 0 spiro atoms. The molecule has 28 heavy (non-hydrogen) atoms. The summed E-state index contributed by atoms with van der Waals surface area (Å²) in [5, 5.41) is 11.5. The Balaban J connectivity index is 1.94. The molecule has 144 valence electrons. The Morgan fingerprint density at radius 2 is 1.82 bits per heavy atom. The number of non-ortho nitro benzene ring substituents is 1. The maximum atomic E-state index is 13.0. The van der Waals surface area contributed by atoms with Crippen LogP contribution in [-0.2, 0) is 4.79 Å². The Labute approximate surface area is 168 Å². The molecule has 1 aliphatic rings. The summed E-state index contributed by atoms with van der Waals surface area (Å²) < 4.78 is 0. The van der Waals surface area contributed by atoms with E-state index >= 15 is 0 Å². The fourth-order valence-corrected chi connectivity index (χ4v) is 3.80. The molecule has 0 aliphatic carbocycles. The number of amidine groups is 1. The van der Waals surface area contributed by atoms with Gasteiger partial charge in [-0.25, -0.2) is 4.99 Å². The Bertz CT molecular complexity index is 950. The lowest BCUT2D eigenvalue weighted by atomic mass is 10.2. The minimum absolute atomic E-state index is 0.0203. The lowest BCUT2D eigenvalue weighted by molar-refractivity contribution is -0.384. The molecular weight excluding hydrogens is 374 g/mol. The second-order valence-electron chi connectivity index (χ2n) is 6.62. The first-order valence-corrected chi connectivity index (χ1v) is 9.83. The lowest BCUT2D eigenvalue weighted by Gasteiger charge is -2.22. The highest BCUT2D eigenvalue weighted by Gasteiger charge is 2.36. The van der Waals surface area contributed by atoms with Gasteiger partial charge in [0, 0.05) is 18.2 Å². The number of hydrogen-bond donors (Lipinski definition) is 0. The SMILES string of the molecule is CC[C@@H](C)N1C(=O)/C(=C\c2ccc([N+](=O)[O-])cc2)SC1=Nc1ccc(C)cc1. The smallest absolute Gasteiger partial charge is 0.269 e. The van der Waals surface area contributed by atoms with E-state index < -0.39 is 4.92 Å². The van der Waals surface area contributed by atoms with E-state index in [0.717, 1.165) is 23.2 Å². The highest BCUT2D eigenvalue weighted by molar-refractivity contribution is 8.18. The molecule has 0 saturated carbocycles. The largest absolute Gasteiger partial charge is 0.284 e. The quantitative estimate of drug-likeness (QED) is 0.391. The van der Waals surface area contributed by atoms with Gasteiger partial charge in [-0.15, -0.1) is 0 Å².